The summed E-state index contributed by atoms with van der Waals surface area (Å²) in [6.45, 7) is -1.65. The molecule has 9 unspecified atom stereocenters. The first-order chi connectivity index (χ1) is 10.8. The highest BCUT2D eigenvalue weighted by molar-refractivity contribution is 4.92. The Kier molecular flexibility index (Phi) is 8.20. The van der Waals surface area contributed by atoms with Gasteiger partial charge in [0.2, 0.25) is 0 Å². The van der Waals surface area contributed by atoms with Gasteiger partial charge in [0.15, 0.2) is 6.29 Å². The largest absolute Gasteiger partial charge is 0.394 e. The number of ether oxygens (including phenoxy) is 2. The SMILES string of the molecule is NCC(O)C(OC1OC(CO)C(O)C(O)C1O)C(N)C(O)CO. The number of hydrogen-bond donors (Lipinski definition) is 9. The third-order valence-electron chi connectivity index (χ3n) is 3.77. The molecule has 0 saturated carbocycles. The van der Waals surface area contributed by atoms with Crippen molar-refractivity contribution >= 4 is 0 Å². The van der Waals surface area contributed by atoms with Crippen LogP contribution in [-0.2, 0) is 9.47 Å². The van der Waals surface area contributed by atoms with E-state index in [-0.39, 0.29) is 6.54 Å². The number of rotatable bonds is 8. The average Bonchev–Trinajstić information content (AvgIpc) is 2.57. The highest BCUT2D eigenvalue weighted by Gasteiger charge is 2.46. The van der Waals surface area contributed by atoms with Crippen molar-refractivity contribution in [1.82, 2.24) is 0 Å². The molecule has 0 radical (unpaired) electrons. The predicted octanol–water partition coefficient (Wildman–Crippen LogP) is -5.83. The smallest absolute Gasteiger partial charge is 0.187 e. The minimum Gasteiger partial charge on any atom is -0.394 e. The Bertz CT molecular complexity index is 348. The summed E-state index contributed by atoms with van der Waals surface area (Å²) in [4.78, 5) is 0. The van der Waals surface area contributed by atoms with Crippen molar-refractivity contribution in [2.75, 3.05) is 19.8 Å². The topological polar surface area (TPSA) is 212 Å². The van der Waals surface area contributed by atoms with E-state index in [4.69, 9.17) is 31.2 Å². The maximum absolute atomic E-state index is 9.89. The fourth-order valence-corrected chi connectivity index (χ4v) is 2.25. The van der Waals surface area contributed by atoms with Crippen LogP contribution >= 0.6 is 0 Å². The maximum Gasteiger partial charge on any atom is 0.187 e. The second-order valence-corrected chi connectivity index (χ2v) is 5.43. The summed E-state index contributed by atoms with van der Waals surface area (Å²) < 4.78 is 10.4. The van der Waals surface area contributed by atoms with E-state index in [2.05, 4.69) is 0 Å². The van der Waals surface area contributed by atoms with Gasteiger partial charge in [0, 0.05) is 6.54 Å². The lowest BCUT2D eigenvalue weighted by Gasteiger charge is -2.42. The minimum absolute atomic E-state index is 0.298. The molecule has 11 heteroatoms. The van der Waals surface area contributed by atoms with Crippen molar-refractivity contribution in [3.05, 3.63) is 0 Å². The number of aliphatic hydroxyl groups is 7. The Morgan fingerprint density at radius 3 is 2.09 bits per heavy atom. The van der Waals surface area contributed by atoms with Crippen LogP contribution in [0.3, 0.4) is 0 Å². The molecular formula is C12H26N2O9. The van der Waals surface area contributed by atoms with Crippen molar-refractivity contribution < 1.29 is 45.2 Å². The van der Waals surface area contributed by atoms with Gasteiger partial charge in [0.25, 0.3) is 0 Å². The molecular weight excluding hydrogens is 316 g/mol. The number of nitrogens with two attached hydrogens (primary N) is 2. The van der Waals surface area contributed by atoms with Crippen LogP contribution in [0.4, 0.5) is 0 Å². The zero-order chi connectivity index (χ0) is 17.7. The highest BCUT2D eigenvalue weighted by Crippen LogP contribution is 2.24. The molecule has 0 aromatic heterocycles. The molecule has 1 saturated heterocycles. The summed E-state index contributed by atoms with van der Waals surface area (Å²) in [5.41, 5.74) is 11.0. The van der Waals surface area contributed by atoms with Gasteiger partial charge in [-0.3, -0.25) is 0 Å². The predicted molar refractivity (Wildman–Crippen MR) is 74.8 cm³/mol. The third-order valence-corrected chi connectivity index (χ3v) is 3.77. The van der Waals surface area contributed by atoms with Crippen LogP contribution in [0, 0.1) is 0 Å². The van der Waals surface area contributed by atoms with Gasteiger partial charge in [0.05, 0.1) is 31.5 Å². The molecule has 0 spiro atoms. The van der Waals surface area contributed by atoms with Gasteiger partial charge in [-0.05, 0) is 0 Å². The fourth-order valence-electron chi connectivity index (χ4n) is 2.25. The Balaban J connectivity index is 2.89. The van der Waals surface area contributed by atoms with Crippen LogP contribution in [0.25, 0.3) is 0 Å². The van der Waals surface area contributed by atoms with Crippen molar-refractivity contribution in [2.45, 2.75) is 55.1 Å². The Morgan fingerprint density at radius 2 is 1.61 bits per heavy atom. The summed E-state index contributed by atoms with van der Waals surface area (Å²) in [7, 11) is 0. The summed E-state index contributed by atoms with van der Waals surface area (Å²) in [5.74, 6) is 0. The van der Waals surface area contributed by atoms with E-state index in [1.165, 1.54) is 0 Å². The number of aliphatic hydroxyl groups excluding tert-OH is 7. The molecule has 9 atom stereocenters. The molecule has 23 heavy (non-hydrogen) atoms. The van der Waals surface area contributed by atoms with Gasteiger partial charge in [-0.25, -0.2) is 0 Å². The second kappa shape index (κ2) is 9.15. The van der Waals surface area contributed by atoms with E-state index in [9.17, 15) is 25.5 Å². The van der Waals surface area contributed by atoms with Gasteiger partial charge < -0.3 is 56.7 Å². The van der Waals surface area contributed by atoms with E-state index >= 15 is 0 Å². The molecule has 1 aliphatic rings. The molecule has 0 aromatic rings. The molecule has 0 aromatic carbocycles. The first kappa shape index (κ1) is 20.6. The highest BCUT2D eigenvalue weighted by atomic mass is 16.7. The van der Waals surface area contributed by atoms with Gasteiger partial charge >= 0.3 is 0 Å². The van der Waals surface area contributed by atoms with E-state index in [0.29, 0.717) is 0 Å². The first-order valence-corrected chi connectivity index (χ1v) is 7.17. The average molecular weight is 342 g/mol. The normalized spacial score (nSPS) is 37.2. The van der Waals surface area contributed by atoms with Crippen LogP contribution in [-0.4, -0.2) is 111 Å². The van der Waals surface area contributed by atoms with Gasteiger partial charge in [-0.1, -0.05) is 0 Å². The standard InChI is InChI=1S/C12H26N2O9/c13-1-4(17)11(7(14)5(18)2-15)23-12-10(21)9(20)8(19)6(3-16)22-12/h4-12,15-21H,1-3,13-14H2. The molecule has 1 aliphatic heterocycles. The second-order valence-electron chi connectivity index (χ2n) is 5.43. The quantitative estimate of drug-likeness (QED) is 0.202. The van der Waals surface area contributed by atoms with Crippen LogP contribution < -0.4 is 11.5 Å². The van der Waals surface area contributed by atoms with Gasteiger partial charge in [0.1, 0.15) is 30.5 Å². The summed E-state index contributed by atoms with van der Waals surface area (Å²) >= 11 is 0. The molecule has 11 nitrogen and oxygen atoms in total. The van der Waals surface area contributed by atoms with Crippen molar-refractivity contribution in [1.29, 1.82) is 0 Å². The van der Waals surface area contributed by atoms with E-state index in [1.54, 1.807) is 0 Å². The van der Waals surface area contributed by atoms with Crippen LogP contribution in [0.1, 0.15) is 0 Å². The van der Waals surface area contributed by atoms with Gasteiger partial charge in [-0.2, -0.15) is 0 Å². The maximum atomic E-state index is 9.89. The molecule has 1 heterocycles. The van der Waals surface area contributed by atoms with Gasteiger partial charge in [-0.15, -0.1) is 0 Å². The molecule has 138 valence electrons. The van der Waals surface area contributed by atoms with E-state index in [1.807, 2.05) is 0 Å². The van der Waals surface area contributed by atoms with E-state index in [0.717, 1.165) is 0 Å². The van der Waals surface area contributed by atoms with Crippen LogP contribution in [0.2, 0.25) is 0 Å². The lowest BCUT2D eigenvalue weighted by molar-refractivity contribution is -0.319. The molecule has 11 N–H and O–H groups in total. The minimum atomic E-state index is -1.70. The fraction of sp³-hybridized carbons (Fsp3) is 1.00. The molecule has 1 rings (SSSR count). The summed E-state index contributed by atoms with van der Waals surface area (Å²) in [5, 5.41) is 66.8. The summed E-state index contributed by atoms with van der Waals surface area (Å²) in [6.07, 6.45) is -11.8. The molecule has 0 aliphatic carbocycles. The molecule has 1 fully saturated rings. The van der Waals surface area contributed by atoms with Crippen molar-refractivity contribution in [3.8, 4) is 0 Å². The number of hydrogen-bond acceptors (Lipinski definition) is 11. The summed E-state index contributed by atoms with van der Waals surface area (Å²) in [6, 6.07) is -1.27. The van der Waals surface area contributed by atoms with Crippen molar-refractivity contribution in [3.63, 3.8) is 0 Å². The Morgan fingerprint density at radius 1 is 1.00 bits per heavy atom. The Labute approximate surface area is 132 Å². The lowest BCUT2D eigenvalue weighted by atomic mass is 9.98. The van der Waals surface area contributed by atoms with E-state index < -0.39 is 68.3 Å². The van der Waals surface area contributed by atoms with Crippen molar-refractivity contribution in [2.24, 2.45) is 11.5 Å². The monoisotopic (exact) mass is 342 g/mol. The molecule has 0 bridgehead atoms. The lowest BCUT2D eigenvalue weighted by Crippen LogP contribution is -2.62. The third kappa shape index (κ3) is 4.78. The van der Waals surface area contributed by atoms with Crippen LogP contribution in [0.15, 0.2) is 0 Å². The Hall–Kier alpha value is -0.440. The molecule has 0 amide bonds. The first-order valence-electron chi connectivity index (χ1n) is 7.17. The zero-order valence-electron chi connectivity index (χ0n) is 12.4. The van der Waals surface area contributed by atoms with Crippen LogP contribution in [0.5, 0.6) is 0 Å². The zero-order valence-corrected chi connectivity index (χ0v) is 12.4.